The molecule has 1 N–H and O–H groups in total. The van der Waals surface area contributed by atoms with E-state index >= 15 is 0 Å². The van der Waals surface area contributed by atoms with E-state index in [0.29, 0.717) is 12.3 Å². The van der Waals surface area contributed by atoms with Gasteiger partial charge in [-0.1, -0.05) is 32.8 Å². The van der Waals surface area contributed by atoms with E-state index in [1.807, 2.05) is 16.8 Å². The van der Waals surface area contributed by atoms with Gasteiger partial charge in [-0.05, 0) is 17.4 Å². The second-order valence-corrected chi connectivity index (χ2v) is 6.59. The first-order valence-corrected chi connectivity index (χ1v) is 8.73. The lowest BCUT2D eigenvalue weighted by Crippen LogP contribution is -2.30. The molecule has 0 radical (unpaired) electrons. The van der Waals surface area contributed by atoms with Crippen LogP contribution in [0, 0.1) is 5.92 Å². The maximum absolute atomic E-state index is 11.9. The van der Waals surface area contributed by atoms with Gasteiger partial charge in [-0.2, -0.15) is 0 Å². The summed E-state index contributed by atoms with van der Waals surface area (Å²) in [5.74, 6) is 0.649. The SMILES string of the molecule is CCC(CC)CNC(=O)Cc1csc(-c2cccs2)n1. The third kappa shape index (κ3) is 4.15. The molecule has 0 bridgehead atoms. The molecule has 2 heterocycles. The van der Waals surface area contributed by atoms with Gasteiger partial charge in [-0.3, -0.25) is 4.79 Å². The average Bonchev–Trinajstić information content (AvgIpc) is 3.10. The molecule has 0 atom stereocenters. The van der Waals surface area contributed by atoms with Gasteiger partial charge in [-0.15, -0.1) is 22.7 Å². The molecule has 2 rings (SSSR count). The zero-order valence-corrected chi connectivity index (χ0v) is 13.5. The Hall–Kier alpha value is -1.20. The first-order valence-electron chi connectivity index (χ1n) is 6.97. The highest BCUT2D eigenvalue weighted by molar-refractivity contribution is 7.20. The van der Waals surface area contributed by atoms with Gasteiger partial charge in [0.1, 0.15) is 5.01 Å². The Balaban J connectivity index is 1.86. The first-order chi connectivity index (χ1) is 9.72. The van der Waals surface area contributed by atoms with Gasteiger partial charge in [0.05, 0.1) is 17.0 Å². The van der Waals surface area contributed by atoms with Crippen LogP contribution in [-0.4, -0.2) is 17.4 Å². The number of carbonyl (C=O) groups is 1. The number of thiazole rings is 1. The molecule has 0 saturated carbocycles. The fourth-order valence-electron chi connectivity index (χ4n) is 1.96. The van der Waals surface area contributed by atoms with Gasteiger partial charge in [0, 0.05) is 11.9 Å². The fraction of sp³-hybridized carbons (Fsp3) is 0.467. The molecular weight excluding hydrogens is 288 g/mol. The molecule has 0 unspecified atom stereocenters. The molecule has 3 nitrogen and oxygen atoms in total. The van der Waals surface area contributed by atoms with Gasteiger partial charge in [0.2, 0.25) is 5.91 Å². The minimum Gasteiger partial charge on any atom is -0.355 e. The number of rotatable bonds is 7. The van der Waals surface area contributed by atoms with Crippen LogP contribution in [0.25, 0.3) is 9.88 Å². The Kier molecular flexibility index (Phi) is 5.73. The van der Waals surface area contributed by atoms with Crippen molar-refractivity contribution in [2.75, 3.05) is 6.54 Å². The zero-order valence-electron chi connectivity index (χ0n) is 11.9. The van der Waals surface area contributed by atoms with Crippen LogP contribution < -0.4 is 5.32 Å². The fourth-order valence-corrected chi connectivity index (χ4v) is 3.60. The molecule has 0 saturated heterocycles. The topological polar surface area (TPSA) is 42.0 Å². The zero-order chi connectivity index (χ0) is 14.4. The number of carbonyl (C=O) groups excluding carboxylic acids is 1. The van der Waals surface area contributed by atoms with Gasteiger partial charge in [0.25, 0.3) is 0 Å². The van der Waals surface area contributed by atoms with Crippen LogP contribution in [0.3, 0.4) is 0 Å². The summed E-state index contributed by atoms with van der Waals surface area (Å²) in [5, 5.41) is 8.03. The molecule has 5 heteroatoms. The number of nitrogens with one attached hydrogen (secondary N) is 1. The number of nitrogens with zero attached hydrogens (tertiary/aromatic N) is 1. The van der Waals surface area contributed by atoms with Gasteiger partial charge in [-0.25, -0.2) is 4.98 Å². The van der Waals surface area contributed by atoms with Crippen LogP contribution in [-0.2, 0) is 11.2 Å². The Morgan fingerprint density at radius 3 is 2.80 bits per heavy atom. The lowest BCUT2D eigenvalue weighted by Gasteiger charge is -2.12. The molecule has 2 aromatic rings. The highest BCUT2D eigenvalue weighted by Crippen LogP contribution is 2.27. The minimum atomic E-state index is 0.0694. The van der Waals surface area contributed by atoms with Crippen LogP contribution in [0.4, 0.5) is 0 Å². The summed E-state index contributed by atoms with van der Waals surface area (Å²) in [5.41, 5.74) is 0.862. The van der Waals surface area contributed by atoms with Crippen LogP contribution in [0.5, 0.6) is 0 Å². The van der Waals surface area contributed by atoms with Crippen molar-refractivity contribution in [1.82, 2.24) is 10.3 Å². The standard InChI is InChI=1S/C15H20N2OS2/c1-3-11(4-2)9-16-14(18)8-12-10-20-15(17-12)13-6-5-7-19-13/h5-7,10-11H,3-4,8-9H2,1-2H3,(H,16,18). The average molecular weight is 308 g/mol. The predicted octanol–water partition coefficient (Wildman–Crippen LogP) is 3.97. The molecule has 20 heavy (non-hydrogen) atoms. The van der Waals surface area contributed by atoms with Crippen molar-refractivity contribution in [2.24, 2.45) is 5.92 Å². The Bertz CT molecular complexity index is 530. The van der Waals surface area contributed by atoms with Crippen LogP contribution in [0.2, 0.25) is 0 Å². The van der Waals surface area contributed by atoms with Gasteiger partial charge < -0.3 is 5.32 Å². The summed E-state index contributed by atoms with van der Waals surface area (Å²) >= 11 is 3.28. The normalized spacial score (nSPS) is 10.9. The molecule has 0 spiro atoms. The summed E-state index contributed by atoms with van der Waals surface area (Å²) in [7, 11) is 0. The molecule has 108 valence electrons. The van der Waals surface area contributed by atoms with Crippen molar-refractivity contribution in [1.29, 1.82) is 0 Å². The monoisotopic (exact) mass is 308 g/mol. The Morgan fingerprint density at radius 1 is 1.35 bits per heavy atom. The molecule has 0 aromatic carbocycles. The maximum Gasteiger partial charge on any atom is 0.226 e. The summed E-state index contributed by atoms with van der Waals surface area (Å²) in [6.07, 6.45) is 2.59. The highest BCUT2D eigenvalue weighted by atomic mass is 32.1. The van der Waals surface area contributed by atoms with Crippen LogP contribution in [0.1, 0.15) is 32.4 Å². The largest absolute Gasteiger partial charge is 0.355 e. The molecule has 2 aromatic heterocycles. The number of hydrogen-bond donors (Lipinski definition) is 1. The van der Waals surface area contributed by atoms with E-state index in [2.05, 4.69) is 30.2 Å². The predicted molar refractivity (Wildman–Crippen MR) is 86.2 cm³/mol. The van der Waals surface area contributed by atoms with E-state index in [0.717, 1.165) is 30.1 Å². The maximum atomic E-state index is 11.9. The van der Waals surface area contributed by atoms with Crippen molar-refractivity contribution in [3.63, 3.8) is 0 Å². The van der Waals surface area contributed by atoms with E-state index in [4.69, 9.17) is 0 Å². The quantitative estimate of drug-likeness (QED) is 0.841. The van der Waals surface area contributed by atoms with Gasteiger partial charge in [0.15, 0.2) is 0 Å². The lowest BCUT2D eigenvalue weighted by atomic mass is 10.0. The van der Waals surface area contributed by atoms with Crippen molar-refractivity contribution < 1.29 is 4.79 Å². The molecule has 1 amide bonds. The molecule has 0 aliphatic rings. The highest BCUT2D eigenvalue weighted by Gasteiger charge is 2.11. The van der Waals surface area contributed by atoms with Crippen molar-refractivity contribution >= 4 is 28.6 Å². The molecule has 0 aliphatic carbocycles. The number of aromatic nitrogens is 1. The lowest BCUT2D eigenvalue weighted by molar-refractivity contribution is -0.120. The smallest absolute Gasteiger partial charge is 0.226 e. The molecular formula is C15H20N2OS2. The van der Waals surface area contributed by atoms with Crippen LogP contribution >= 0.6 is 22.7 Å². The number of hydrogen-bond acceptors (Lipinski definition) is 4. The van der Waals surface area contributed by atoms with Gasteiger partial charge >= 0.3 is 0 Å². The number of amides is 1. The Morgan fingerprint density at radius 2 is 2.15 bits per heavy atom. The summed E-state index contributed by atoms with van der Waals surface area (Å²) in [6.45, 7) is 5.09. The Labute approximate surface area is 128 Å². The van der Waals surface area contributed by atoms with Crippen molar-refractivity contribution in [2.45, 2.75) is 33.1 Å². The van der Waals surface area contributed by atoms with E-state index in [1.54, 1.807) is 22.7 Å². The summed E-state index contributed by atoms with van der Waals surface area (Å²) in [6, 6.07) is 4.07. The van der Waals surface area contributed by atoms with Crippen molar-refractivity contribution in [3.8, 4) is 9.88 Å². The summed E-state index contributed by atoms with van der Waals surface area (Å²) < 4.78 is 0. The third-order valence-corrected chi connectivity index (χ3v) is 5.30. The minimum absolute atomic E-state index is 0.0694. The van der Waals surface area contributed by atoms with Crippen LogP contribution in [0.15, 0.2) is 22.9 Å². The molecule has 0 aliphatic heterocycles. The third-order valence-electron chi connectivity index (χ3n) is 3.37. The molecule has 0 fully saturated rings. The van der Waals surface area contributed by atoms with E-state index in [1.165, 1.54) is 4.88 Å². The van der Waals surface area contributed by atoms with Crippen molar-refractivity contribution in [3.05, 3.63) is 28.6 Å². The summed E-state index contributed by atoms with van der Waals surface area (Å²) in [4.78, 5) is 17.6. The van der Waals surface area contributed by atoms with E-state index in [-0.39, 0.29) is 5.91 Å². The second-order valence-electron chi connectivity index (χ2n) is 4.78. The van der Waals surface area contributed by atoms with E-state index in [9.17, 15) is 4.79 Å². The number of thiophene rings is 1. The van der Waals surface area contributed by atoms with E-state index < -0.39 is 0 Å². The second kappa shape index (κ2) is 7.55. The first kappa shape index (κ1) is 15.2.